The molecule has 0 unspecified atom stereocenters. The van der Waals surface area contributed by atoms with Crippen molar-refractivity contribution in [3.8, 4) is 16.9 Å². The molecule has 28 heavy (non-hydrogen) atoms. The third-order valence-electron chi connectivity index (χ3n) is 4.45. The summed E-state index contributed by atoms with van der Waals surface area (Å²) in [7, 11) is 0. The molecule has 1 N–H and O–H groups in total. The number of carboxylic acid groups (broad SMARTS) is 1. The Morgan fingerprint density at radius 1 is 1.04 bits per heavy atom. The van der Waals surface area contributed by atoms with Crippen LogP contribution in [0.4, 0.5) is 4.39 Å². The number of halogens is 1. The van der Waals surface area contributed by atoms with E-state index in [1.165, 1.54) is 6.07 Å². The van der Waals surface area contributed by atoms with Crippen molar-refractivity contribution in [1.82, 2.24) is 0 Å². The third kappa shape index (κ3) is 5.14. The van der Waals surface area contributed by atoms with Gasteiger partial charge in [-0.3, -0.25) is 4.79 Å². The van der Waals surface area contributed by atoms with E-state index in [9.17, 15) is 9.18 Å². The van der Waals surface area contributed by atoms with Gasteiger partial charge in [0.2, 0.25) is 0 Å². The minimum absolute atomic E-state index is 0.0914. The van der Waals surface area contributed by atoms with Crippen LogP contribution in [0, 0.1) is 5.82 Å². The Labute approximate surface area is 168 Å². The number of thioether (sulfide) groups is 1. The van der Waals surface area contributed by atoms with Crippen molar-refractivity contribution >= 4 is 17.7 Å². The van der Waals surface area contributed by atoms with E-state index in [1.54, 1.807) is 30.0 Å². The fourth-order valence-electron chi connectivity index (χ4n) is 2.91. The van der Waals surface area contributed by atoms with E-state index < -0.39 is 5.97 Å². The van der Waals surface area contributed by atoms with Crippen molar-refractivity contribution in [3.05, 3.63) is 83.7 Å². The van der Waals surface area contributed by atoms with Gasteiger partial charge in [0.25, 0.3) is 0 Å². The molecule has 0 aliphatic carbocycles. The Hall–Kier alpha value is -2.79. The second-order valence-corrected chi connectivity index (χ2v) is 7.20. The summed E-state index contributed by atoms with van der Waals surface area (Å²) in [4.78, 5) is 11.8. The first kappa shape index (κ1) is 20.0. The summed E-state index contributed by atoms with van der Waals surface area (Å²) in [6, 6.07) is 20.3. The number of hydrogen-bond donors (Lipinski definition) is 1. The summed E-state index contributed by atoms with van der Waals surface area (Å²) >= 11 is 1.66. The molecule has 0 radical (unpaired) electrons. The number of rotatable bonds is 8. The van der Waals surface area contributed by atoms with Crippen LogP contribution in [0.15, 0.2) is 71.6 Å². The van der Waals surface area contributed by atoms with Crippen LogP contribution in [0.5, 0.6) is 5.75 Å². The quantitative estimate of drug-likeness (QED) is 0.488. The van der Waals surface area contributed by atoms with Gasteiger partial charge in [-0.2, -0.15) is 0 Å². The Bertz CT molecular complexity index is 937. The summed E-state index contributed by atoms with van der Waals surface area (Å²) in [6.07, 6.45) is 2.58. The smallest absolute Gasteiger partial charge is 0.303 e. The highest BCUT2D eigenvalue weighted by Gasteiger charge is 2.11. The molecule has 144 valence electrons. The van der Waals surface area contributed by atoms with Crippen LogP contribution in [-0.2, 0) is 17.8 Å². The lowest BCUT2D eigenvalue weighted by Gasteiger charge is -2.13. The van der Waals surface area contributed by atoms with E-state index in [1.807, 2.05) is 48.7 Å². The first-order valence-corrected chi connectivity index (χ1v) is 10.1. The summed E-state index contributed by atoms with van der Waals surface area (Å²) in [6.45, 7) is 0.112. The topological polar surface area (TPSA) is 46.5 Å². The van der Waals surface area contributed by atoms with Gasteiger partial charge < -0.3 is 9.84 Å². The average molecular weight is 396 g/mol. The summed E-state index contributed by atoms with van der Waals surface area (Å²) in [5.41, 5.74) is 3.19. The SMILES string of the molecule is CSc1ccc(-c2cccc(F)c2COc2ccc(CCC(=O)O)cc2)cc1. The fourth-order valence-corrected chi connectivity index (χ4v) is 3.31. The number of ether oxygens (including phenoxy) is 1. The van der Waals surface area contributed by atoms with Gasteiger partial charge in [0.1, 0.15) is 18.2 Å². The molecule has 0 amide bonds. The molecular formula is C23H21FO3S. The van der Waals surface area contributed by atoms with Gasteiger partial charge in [0, 0.05) is 16.9 Å². The standard InChI is InChI=1S/C23H21FO3S/c1-28-19-12-8-17(9-13-19)20-3-2-4-22(24)21(20)15-27-18-10-5-16(6-11-18)7-14-23(25)26/h2-6,8-13H,7,14-15H2,1H3,(H,25,26). The van der Waals surface area contributed by atoms with E-state index in [4.69, 9.17) is 9.84 Å². The van der Waals surface area contributed by atoms with Crippen LogP contribution in [0.3, 0.4) is 0 Å². The van der Waals surface area contributed by atoms with Crippen LogP contribution in [0.25, 0.3) is 11.1 Å². The van der Waals surface area contributed by atoms with Gasteiger partial charge in [0.15, 0.2) is 0 Å². The molecule has 0 bridgehead atoms. The zero-order valence-electron chi connectivity index (χ0n) is 15.5. The van der Waals surface area contributed by atoms with Crippen molar-refractivity contribution in [2.45, 2.75) is 24.3 Å². The van der Waals surface area contributed by atoms with Crippen molar-refractivity contribution in [2.24, 2.45) is 0 Å². The molecular weight excluding hydrogens is 375 g/mol. The van der Waals surface area contributed by atoms with Crippen LogP contribution < -0.4 is 4.74 Å². The van der Waals surface area contributed by atoms with Crippen LogP contribution in [0.2, 0.25) is 0 Å². The molecule has 0 aliphatic rings. The lowest BCUT2D eigenvalue weighted by molar-refractivity contribution is -0.136. The van der Waals surface area contributed by atoms with Crippen molar-refractivity contribution in [2.75, 3.05) is 6.26 Å². The molecule has 0 saturated carbocycles. The predicted octanol–water partition coefficient (Wildman–Crippen LogP) is 5.81. The highest BCUT2D eigenvalue weighted by molar-refractivity contribution is 7.98. The minimum Gasteiger partial charge on any atom is -0.489 e. The van der Waals surface area contributed by atoms with Crippen molar-refractivity contribution < 1.29 is 19.0 Å². The van der Waals surface area contributed by atoms with Crippen LogP contribution in [0.1, 0.15) is 17.5 Å². The molecule has 0 saturated heterocycles. The highest BCUT2D eigenvalue weighted by atomic mass is 32.2. The number of benzene rings is 3. The van der Waals surface area contributed by atoms with Crippen molar-refractivity contribution in [1.29, 1.82) is 0 Å². The van der Waals surface area contributed by atoms with Crippen LogP contribution >= 0.6 is 11.8 Å². The molecule has 0 heterocycles. The zero-order chi connectivity index (χ0) is 19.9. The molecule has 3 nitrogen and oxygen atoms in total. The Balaban J connectivity index is 1.74. The largest absolute Gasteiger partial charge is 0.489 e. The van der Waals surface area contributed by atoms with Gasteiger partial charge in [-0.1, -0.05) is 36.4 Å². The van der Waals surface area contributed by atoms with Crippen molar-refractivity contribution in [3.63, 3.8) is 0 Å². The minimum atomic E-state index is -0.821. The fraction of sp³-hybridized carbons (Fsp3) is 0.174. The first-order valence-electron chi connectivity index (χ1n) is 8.92. The molecule has 3 aromatic carbocycles. The molecule has 0 spiro atoms. The molecule has 0 atom stereocenters. The van der Waals surface area contributed by atoms with E-state index in [-0.39, 0.29) is 18.8 Å². The van der Waals surface area contributed by atoms with E-state index in [0.29, 0.717) is 17.7 Å². The molecule has 0 aliphatic heterocycles. The first-order chi connectivity index (χ1) is 13.6. The normalized spacial score (nSPS) is 10.6. The highest BCUT2D eigenvalue weighted by Crippen LogP contribution is 2.29. The molecule has 3 aromatic rings. The number of carboxylic acids is 1. The van der Waals surface area contributed by atoms with E-state index in [0.717, 1.165) is 21.6 Å². The third-order valence-corrected chi connectivity index (χ3v) is 5.20. The molecule has 5 heteroatoms. The van der Waals surface area contributed by atoms with Crippen LogP contribution in [-0.4, -0.2) is 17.3 Å². The zero-order valence-corrected chi connectivity index (χ0v) is 16.3. The number of hydrogen-bond acceptors (Lipinski definition) is 3. The van der Waals surface area contributed by atoms with Gasteiger partial charge >= 0.3 is 5.97 Å². The Morgan fingerprint density at radius 3 is 2.39 bits per heavy atom. The number of aryl methyl sites for hydroxylation is 1. The monoisotopic (exact) mass is 396 g/mol. The molecule has 3 rings (SSSR count). The average Bonchev–Trinajstić information content (AvgIpc) is 2.72. The second-order valence-electron chi connectivity index (χ2n) is 6.32. The summed E-state index contributed by atoms with van der Waals surface area (Å²) in [5, 5.41) is 8.75. The Kier molecular flexibility index (Phi) is 6.71. The van der Waals surface area contributed by atoms with Gasteiger partial charge in [0.05, 0.1) is 0 Å². The lowest BCUT2D eigenvalue weighted by atomic mass is 10.00. The van der Waals surface area contributed by atoms with Gasteiger partial charge in [-0.05, 0) is 59.7 Å². The summed E-state index contributed by atoms with van der Waals surface area (Å²) in [5.74, 6) is -0.506. The van der Waals surface area contributed by atoms with E-state index in [2.05, 4.69) is 0 Å². The maximum atomic E-state index is 14.5. The molecule has 0 aromatic heterocycles. The maximum absolute atomic E-state index is 14.5. The number of carbonyl (C=O) groups is 1. The predicted molar refractivity (Wildman–Crippen MR) is 110 cm³/mol. The van der Waals surface area contributed by atoms with Gasteiger partial charge in [-0.25, -0.2) is 4.39 Å². The molecule has 0 fully saturated rings. The van der Waals surface area contributed by atoms with E-state index >= 15 is 0 Å². The number of aliphatic carboxylic acids is 1. The maximum Gasteiger partial charge on any atom is 0.303 e. The van der Waals surface area contributed by atoms with Gasteiger partial charge in [-0.15, -0.1) is 11.8 Å². The lowest BCUT2D eigenvalue weighted by Crippen LogP contribution is -2.02. The second kappa shape index (κ2) is 9.42. The summed E-state index contributed by atoms with van der Waals surface area (Å²) < 4.78 is 20.3. The Morgan fingerprint density at radius 2 is 1.75 bits per heavy atom.